The van der Waals surface area contributed by atoms with E-state index in [9.17, 15) is 18.8 Å². The van der Waals surface area contributed by atoms with Crippen molar-refractivity contribution in [3.63, 3.8) is 0 Å². The van der Waals surface area contributed by atoms with Gasteiger partial charge >= 0.3 is 0 Å². The number of ether oxygens (including phenoxy) is 1. The number of rotatable bonds is 5. The lowest BCUT2D eigenvalue weighted by atomic mass is 10.3. The Balaban J connectivity index is 1.65. The maximum Gasteiger partial charge on any atom is 0.294 e. The van der Waals surface area contributed by atoms with Crippen LogP contribution in [0.3, 0.4) is 0 Å². The van der Waals surface area contributed by atoms with E-state index in [0.29, 0.717) is 11.4 Å². The lowest BCUT2D eigenvalue weighted by molar-refractivity contribution is -0.123. The van der Waals surface area contributed by atoms with E-state index in [2.05, 4.69) is 16.0 Å². The number of amides is 2. The summed E-state index contributed by atoms with van der Waals surface area (Å²) in [5.41, 5.74) is 4.42. The van der Waals surface area contributed by atoms with Crippen LogP contribution < -0.4 is 21.0 Å². The second kappa shape index (κ2) is 8.79. The topological polar surface area (TPSA) is 102 Å². The quantitative estimate of drug-likeness (QED) is 0.637. The van der Waals surface area contributed by atoms with E-state index in [1.807, 2.05) is 6.07 Å². The van der Waals surface area contributed by atoms with Crippen LogP contribution in [0.1, 0.15) is 16.2 Å². The summed E-state index contributed by atoms with van der Waals surface area (Å²) in [6.45, 7) is 1.15. The molecule has 1 aromatic heterocycles. The van der Waals surface area contributed by atoms with Crippen molar-refractivity contribution >= 4 is 11.8 Å². The molecule has 29 heavy (non-hydrogen) atoms. The Kier molecular flexibility index (Phi) is 5.98. The molecule has 8 nitrogen and oxygen atoms in total. The van der Waals surface area contributed by atoms with Gasteiger partial charge in [-0.25, -0.2) is 9.07 Å². The summed E-state index contributed by atoms with van der Waals surface area (Å²) in [5.74, 6) is -2.34. The minimum absolute atomic E-state index is 0.0973. The fourth-order valence-electron chi connectivity index (χ4n) is 2.46. The zero-order valence-corrected chi connectivity index (χ0v) is 15.4. The molecule has 0 bridgehead atoms. The van der Waals surface area contributed by atoms with Crippen LogP contribution in [0.25, 0.3) is 5.69 Å². The van der Waals surface area contributed by atoms with Crippen LogP contribution in [-0.2, 0) is 4.79 Å². The molecule has 148 valence electrons. The lowest BCUT2D eigenvalue weighted by Crippen LogP contribution is -2.45. The van der Waals surface area contributed by atoms with E-state index >= 15 is 0 Å². The van der Waals surface area contributed by atoms with Gasteiger partial charge < -0.3 is 4.74 Å². The number of para-hydroxylation sites is 2. The number of halogens is 1. The van der Waals surface area contributed by atoms with Gasteiger partial charge in [0, 0.05) is 11.8 Å². The smallest absolute Gasteiger partial charge is 0.294 e. The average molecular weight is 396 g/mol. The summed E-state index contributed by atoms with van der Waals surface area (Å²) in [6.07, 6.45) is 0. The van der Waals surface area contributed by atoms with E-state index in [1.165, 1.54) is 28.9 Å². The third-order valence-electron chi connectivity index (χ3n) is 3.83. The van der Waals surface area contributed by atoms with Gasteiger partial charge in [0.1, 0.15) is 0 Å². The second-order valence-electron chi connectivity index (χ2n) is 5.97. The van der Waals surface area contributed by atoms with E-state index in [-0.39, 0.29) is 5.75 Å². The molecule has 0 atom stereocenters. The number of hydrogen-bond acceptors (Lipinski definition) is 5. The Hall–Kier alpha value is -4.01. The molecule has 2 N–H and O–H groups in total. The van der Waals surface area contributed by atoms with Crippen molar-refractivity contribution in [2.24, 2.45) is 0 Å². The van der Waals surface area contributed by atoms with E-state index in [0.717, 1.165) is 0 Å². The number of hydrazine groups is 1. The van der Waals surface area contributed by atoms with E-state index in [1.54, 1.807) is 37.3 Å². The van der Waals surface area contributed by atoms with Gasteiger partial charge in [0.2, 0.25) is 5.43 Å². The zero-order chi connectivity index (χ0) is 20.8. The highest BCUT2D eigenvalue weighted by molar-refractivity contribution is 5.93. The molecule has 3 aromatic rings. The molecule has 9 heteroatoms. The Bertz CT molecular complexity index is 1100. The number of benzene rings is 2. The number of nitrogens with one attached hydrogen (secondary N) is 2. The molecule has 2 aromatic carbocycles. The molecule has 0 saturated heterocycles. The molecule has 0 aliphatic heterocycles. The fraction of sp³-hybridized carbons (Fsp3) is 0.100. The monoisotopic (exact) mass is 396 g/mol. The second-order valence-corrected chi connectivity index (χ2v) is 5.97. The molecule has 0 aliphatic rings. The van der Waals surface area contributed by atoms with Gasteiger partial charge in [-0.3, -0.25) is 25.2 Å². The van der Waals surface area contributed by atoms with E-state index < -0.39 is 35.4 Å². The van der Waals surface area contributed by atoms with Crippen molar-refractivity contribution in [1.29, 1.82) is 0 Å². The van der Waals surface area contributed by atoms with Gasteiger partial charge in [0.15, 0.2) is 23.9 Å². The molecular weight excluding hydrogens is 379 g/mol. The Morgan fingerprint density at radius 2 is 1.76 bits per heavy atom. The van der Waals surface area contributed by atoms with Crippen LogP contribution in [0.5, 0.6) is 5.75 Å². The highest BCUT2D eigenvalue weighted by atomic mass is 19.1. The molecule has 0 fully saturated rings. The molecular formula is C20H17FN4O4. The summed E-state index contributed by atoms with van der Waals surface area (Å²) in [7, 11) is 0. The van der Waals surface area contributed by atoms with Crippen molar-refractivity contribution < 1.29 is 18.7 Å². The molecule has 1 heterocycles. The molecule has 0 aliphatic carbocycles. The predicted octanol–water partition coefficient (Wildman–Crippen LogP) is 1.52. The minimum atomic E-state index is -0.890. The van der Waals surface area contributed by atoms with Gasteiger partial charge in [0.05, 0.1) is 5.69 Å². The van der Waals surface area contributed by atoms with Gasteiger partial charge in [-0.15, -0.1) is 0 Å². The first-order chi connectivity index (χ1) is 14.0. The Morgan fingerprint density at radius 1 is 1.07 bits per heavy atom. The first-order valence-electron chi connectivity index (χ1n) is 8.58. The summed E-state index contributed by atoms with van der Waals surface area (Å²) in [6, 6.07) is 15.8. The third-order valence-corrected chi connectivity index (χ3v) is 3.83. The SMILES string of the molecule is Cc1cc(=O)c(C(=O)NNC(=O)COc2ccccc2F)nn1-c1ccccc1. The maximum absolute atomic E-state index is 13.5. The molecule has 0 unspecified atom stereocenters. The first-order valence-corrected chi connectivity index (χ1v) is 8.58. The third kappa shape index (κ3) is 4.83. The Labute approximate surface area is 164 Å². The standard InChI is InChI=1S/C20H17FN4O4/c1-13-11-16(26)19(24-25(13)14-7-3-2-4-8-14)20(28)23-22-18(27)12-29-17-10-6-5-9-15(17)21/h2-11H,12H2,1H3,(H,22,27)(H,23,28). The fourth-order valence-corrected chi connectivity index (χ4v) is 2.46. The van der Waals surface area contributed by atoms with Gasteiger partial charge in [-0.2, -0.15) is 5.10 Å². The van der Waals surface area contributed by atoms with Crippen molar-refractivity contribution in [2.75, 3.05) is 6.61 Å². The Morgan fingerprint density at radius 3 is 2.48 bits per heavy atom. The minimum Gasteiger partial charge on any atom is -0.481 e. The van der Waals surface area contributed by atoms with Crippen LogP contribution in [0.15, 0.2) is 65.5 Å². The molecule has 2 amide bonds. The van der Waals surface area contributed by atoms with Crippen molar-refractivity contribution in [2.45, 2.75) is 6.92 Å². The highest BCUT2D eigenvalue weighted by Crippen LogP contribution is 2.14. The summed E-state index contributed by atoms with van der Waals surface area (Å²) >= 11 is 0. The van der Waals surface area contributed by atoms with Gasteiger partial charge in [0.25, 0.3) is 11.8 Å². The van der Waals surface area contributed by atoms with Gasteiger partial charge in [-0.1, -0.05) is 30.3 Å². The first kappa shape index (κ1) is 19.7. The van der Waals surface area contributed by atoms with Crippen LogP contribution in [0, 0.1) is 12.7 Å². The van der Waals surface area contributed by atoms with Crippen molar-refractivity contribution in [3.8, 4) is 11.4 Å². The van der Waals surface area contributed by atoms with Crippen LogP contribution in [0.4, 0.5) is 4.39 Å². The van der Waals surface area contributed by atoms with Crippen molar-refractivity contribution in [3.05, 3.63) is 88.1 Å². The lowest BCUT2D eigenvalue weighted by Gasteiger charge is -2.12. The van der Waals surface area contributed by atoms with Crippen LogP contribution >= 0.6 is 0 Å². The summed E-state index contributed by atoms with van der Waals surface area (Å²) < 4.78 is 19.9. The van der Waals surface area contributed by atoms with Crippen LogP contribution in [0.2, 0.25) is 0 Å². The molecule has 0 radical (unpaired) electrons. The largest absolute Gasteiger partial charge is 0.481 e. The normalized spacial score (nSPS) is 10.3. The maximum atomic E-state index is 13.5. The summed E-state index contributed by atoms with van der Waals surface area (Å²) in [4.78, 5) is 36.2. The van der Waals surface area contributed by atoms with Crippen molar-refractivity contribution in [1.82, 2.24) is 20.6 Å². The number of nitrogens with zero attached hydrogens (tertiary/aromatic N) is 2. The van der Waals surface area contributed by atoms with Crippen LogP contribution in [-0.4, -0.2) is 28.2 Å². The number of aryl methyl sites for hydroxylation is 1. The molecule has 0 spiro atoms. The predicted molar refractivity (Wildman–Crippen MR) is 102 cm³/mol. The van der Waals surface area contributed by atoms with Gasteiger partial charge in [-0.05, 0) is 31.2 Å². The highest BCUT2D eigenvalue weighted by Gasteiger charge is 2.16. The number of aromatic nitrogens is 2. The molecule has 3 rings (SSSR count). The number of carbonyl (C=O) groups is 2. The number of hydrogen-bond donors (Lipinski definition) is 2. The van der Waals surface area contributed by atoms with E-state index in [4.69, 9.17) is 4.74 Å². The number of carbonyl (C=O) groups excluding carboxylic acids is 2. The average Bonchev–Trinajstić information content (AvgIpc) is 2.72. The summed E-state index contributed by atoms with van der Waals surface area (Å²) in [5, 5.41) is 4.09. The molecule has 0 saturated carbocycles. The zero-order valence-electron chi connectivity index (χ0n) is 15.4.